The second kappa shape index (κ2) is 6.86. The van der Waals surface area contributed by atoms with Crippen molar-refractivity contribution in [1.29, 1.82) is 0 Å². The summed E-state index contributed by atoms with van der Waals surface area (Å²) >= 11 is 0. The predicted molar refractivity (Wildman–Crippen MR) is 95.6 cm³/mol. The van der Waals surface area contributed by atoms with Gasteiger partial charge in [-0.25, -0.2) is 4.39 Å². The highest BCUT2D eigenvalue weighted by Gasteiger charge is 2.38. The molecule has 1 amide bonds. The van der Waals surface area contributed by atoms with Crippen molar-refractivity contribution in [2.45, 2.75) is 31.9 Å². The summed E-state index contributed by atoms with van der Waals surface area (Å²) in [7, 11) is 3.05. The smallest absolute Gasteiger partial charge is 0.255 e. The van der Waals surface area contributed by atoms with E-state index in [0.29, 0.717) is 17.9 Å². The van der Waals surface area contributed by atoms with Gasteiger partial charge in [0, 0.05) is 12.5 Å². The summed E-state index contributed by atoms with van der Waals surface area (Å²) in [6.07, 6.45) is 0.593. The number of benzene rings is 2. The molecule has 0 aromatic heterocycles. The zero-order valence-corrected chi connectivity index (χ0v) is 15.3. The second-order valence-corrected chi connectivity index (χ2v) is 6.75. The number of hydrogen-bond acceptors (Lipinski definition) is 4. The van der Waals surface area contributed by atoms with Crippen LogP contribution in [0.4, 0.5) is 4.39 Å². The molecule has 0 radical (unpaired) electrons. The molecule has 3 rings (SSSR count). The molecule has 0 bridgehead atoms. The van der Waals surface area contributed by atoms with Crippen LogP contribution in [0, 0.1) is 5.82 Å². The normalized spacial score (nSPS) is 17.7. The fourth-order valence-electron chi connectivity index (χ4n) is 3.06. The van der Waals surface area contributed by atoms with Gasteiger partial charge in [-0.15, -0.1) is 0 Å². The van der Waals surface area contributed by atoms with Gasteiger partial charge in [-0.05, 0) is 43.7 Å². The summed E-state index contributed by atoms with van der Waals surface area (Å²) in [5.74, 6) is 0.880. The number of nitrogens with one attached hydrogen (secondary N) is 1. The number of amides is 1. The minimum absolute atomic E-state index is 0.156. The molecule has 0 saturated carbocycles. The molecule has 2 aromatic rings. The van der Waals surface area contributed by atoms with E-state index in [1.165, 1.54) is 25.3 Å². The third kappa shape index (κ3) is 3.45. The SMILES string of the molecule is COc1ccc2c(c1)OC(C)(C)C(NC(=O)c1cc(F)ccc1OC)C2. The quantitative estimate of drug-likeness (QED) is 0.910. The molecule has 0 fully saturated rings. The van der Waals surface area contributed by atoms with Gasteiger partial charge >= 0.3 is 0 Å². The summed E-state index contributed by atoms with van der Waals surface area (Å²) in [4.78, 5) is 12.7. The van der Waals surface area contributed by atoms with Crippen molar-refractivity contribution >= 4 is 5.91 Å². The van der Waals surface area contributed by atoms with Crippen molar-refractivity contribution in [3.63, 3.8) is 0 Å². The molecule has 2 aromatic carbocycles. The summed E-state index contributed by atoms with van der Waals surface area (Å²) in [6, 6.07) is 9.19. The van der Waals surface area contributed by atoms with Gasteiger partial charge in [-0.1, -0.05) is 6.07 Å². The van der Waals surface area contributed by atoms with E-state index < -0.39 is 17.3 Å². The first-order chi connectivity index (χ1) is 12.3. The van der Waals surface area contributed by atoms with Crippen molar-refractivity contribution in [2.24, 2.45) is 0 Å². The largest absolute Gasteiger partial charge is 0.497 e. The number of methoxy groups -OCH3 is 2. The molecule has 0 saturated heterocycles. The Bertz CT molecular complexity index is 835. The lowest BCUT2D eigenvalue weighted by atomic mass is 9.88. The van der Waals surface area contributed by atoms with E-state index in [9.17, 15) is 9.18 Å². The number of carbonyl (C=O) groups is 1. The molecule has 1 atom stereocenters. The Morgan fingerprint density at radius 3 is 2.65 bits per heavy atom. The molecule has 1 aliphatic heterocycles. The van der Waals surface area contributed by atoms with Crippen LogP contribution in [0.3, 0.4) is 0 Å². The van der Waals surface area contributed by atoms with Crippen LogP contribution in [0.1, 0.15) is 29.8 Å². The number of rotatable bonds is 4. The summed E-state index contributed by atoms with van der Waals surface area (Å²) < 4.78 is 30.1. The second-order valence-electron chi connectivity index (χ2n) is 6.75. The van der Waals surface area contributed by atoms with Crippen molar-refractivity contribution in [3.05, 3.63) is 53.3 Å². The van der Waals surface area contributed by atoms with E-state index >= 15 is 0 Å². The van der Waals surface area contributed by atoms with Gasteiger partial charge < -0.3 is 19.5 Å². The topological polar surface area (TPSA) is 56.8 Å². The number of fused-ring (bicyclic) bond motifs is 1. The fraction of sp³-hybridized carbons (Fsp3) is 0.350. The minimum Gasteiger partial charge on any atom is -0.497 e. The molecule has 26 heavy (non-hydrogen) atoms. The summed E-state index contributed by atoms with van der Waals surface area (Å²) in [5.41, 5.74) is 0.487. The van der Waals surface area contributed by atoms with E-state index in [4.69, 9.17) is 14.2 Å². The van der Waals surface area contributed by atoms with Crippen LogP contribution in [0.25, 0.3) is 0 Å². The Labute approximate surface area is 152 Å². The Morgan fingerprint density at radius 1 is 1.19 bits per heavy atom. The lowest BCUT2D eigenvalue weighted by Gasteiger charge is -2.40. The van der Waals surface area contributed by atoms with E-state index in [1.807, 2.05) is 32.0 Å². The third-order valence-corrected chi connectivity index (χ3v) is 4.62. The van der Waals surface area contributed by atoms with Gasteiger partial charge in [0.1, 0.15) is 28.7 Å². The molecule has 0 aliphatic carbocycles. The first-order valence-corrected chi connectivity index (χ1v) is 8.34. The standard InChI is InChI=1S/C20H22FNO4/c1-20(2)18(9-12-5-7-14(24-3)11-17(12)26-20)22-19(23)15-10-13(21)6-8-16(15)25-4/h5-8,10-11,18H,9H2,1-4H3,(H,22,23). The first kappa shape index (κ1) is 18.0. The molecule has 6 heteroatoms. The molecule has 1 N–H and O–H groups in total. The Hall–Kier alpha value is -2.76. The number of halogens is 1. The summed E-state index contributed by atoms with van der Waals surface area (Å²) in [5, 5.41) is 2.96. The van der Waals surface area contributed by atoms with Gasteiger partial charge in [-0.2, -0.15) is 0 Å². The maximum Gasteiger partial charge on any atom is 0.255 e. The van der Waals surface area contributed by atoms with Gasteiger partial charge in [-0.3, -0.25) is 4.79 Å². The Morgan fingerprint density at radius 2 is 1.96 bits per heavy atom. The van der Waals surface area contributed by atoms with Crippen LogP contribution >= 0.6 is 0 Å². The number of carbonyl (C=O) groups excluding carboxylic acids is 1. The predicted octanol–water partition coefficient (Wildman–Crippen LogP) is 3.36. The Balaban J connectivity index is 1.85. The maximum absolute atomic E-state index is 13.6. The first-order valence-electron chi connectivity index (χ1n) is 8.34. The molecule has 1 unspecified atom stereocenters. The maximum atomic E-state index is 13.6. The number of hydrogen-bond donors (Lipinski definition) is 1. The van der Waals surface area contributed by atoms with Crippen molar-refractivity contribution in [3.8, 4) is 17.2 Å². The third-order valence-electron chi connectivity index (χ3n) is 4.62. The van der Waals surface area contributed by atoms with Gasteiger partial charge in [0.25, 0.3) is 5.91 Å². The molecule has 138 valence electrons. The highest BCUT2D eigenvalue weighted by atomic mass is 19.1. The average molecular weight is 359 g/mol. The molecule has 5 nitrogen and oxygen atoms in total. The van der Waals surface area contributed by atoms with Crippen LogP contribution in [0.2, 0.25) is 0 Å². The molecule has 1 aliphatic rings. The van der Waals surface area contributed by atoms with E-state index in [0.717, 1.165) is 11.3 Å². The zero-order chi connectivity index (χ0) is 18.9. The zero-order valence-electron chi connectivity index (χ0n) is 15.3. The van der Waals surface area contributed by atoms with Crippen LogP contribution < -0.4 is 19.5 Å². The lowest BCUT2D eigenvalue weighted by molar-refractivity contribution is 0.0436. The van der Waals surface area contributed by atoms with E-state index in [2.05, 4.69) is 5.32 Å². The fourth-order valence-corrected chi connectivity index (χ4v) is 3.06. The van der Waals surface area contributed by atoms with Crippen molar-refractivity contribution in [2.75, 3.05) is 14.2 Å². The van der Waals surface area contributed by atoms with Gasteiger partial charge in [0.2, 0.25) is 0 Å². The minimum atomic E-state index is -0.643. The van der Waals surface area contributed by atoms with Crippen LogP contribution in [-0.4, -0.2) is 31.8 Å². The van der Waals surface area contributed by atoms with Crippen LogP contribution in [0.5, 0.6) is 17.2 Å². The van der Waals surface area contributed by atoms with Crippen LogP contribution in [-0.2, 0) is 6.42 Å². The molecular formula is C20H22FNO4. The van der Waals surface area contributed by atoms with Gasteiger partial charge in [0.15, 0.2) is 0 Å². The van der Waals surface area contributed by atoms with Crippen molar-refractivity contribution in [1.82, 2.24) is 5.32 Å². The number of ether oxygens (including phenoxy) is 3. The van der Waals surface area contributed by atoms with Crippen LogP contribution in [0.15, 0.2) is 36.4 Å². The molecular weight excluding hydrogens is 337 g/mol. The average Bonchev–Trinajstić information content (AvgIpc) is 2.61. The lowest BCUT2D eigenvalue weighted by Crippen LogP contribution is -2.55. The monoisotopic (exact) mass is 359 g/mol. The van der Waals surface area contributed by atoms with E-state index in [1.54, 1.807) is 7.11 Å². The summed E-state index contributed by atoms with van der Waals surface area (Å²) in [6.45, 7) is 3.81. The highest BCUT2D eigenvalue weighted by molar-refractivity contribution is 5.97. The molecule has 1 heterocycles. The van der Waals surface area contributed by atoms with E-state index in [-0.39, 0.29) is 11.6 Å². The highest BCUT2D eigenvalue weighted by Crippen LogP contribution is 2.36. The molecule has 0 spiro atoms. The van der Waals surface area contributed by atoms with Gasteiger partial charge in [0.05, 0.1) is 25.8 Å². The van der Waals surface area contributed by atoms with Crippen molar-refractivity contribution < 1.29 is 23.4 Å². The Kier molecular flexibility index (Phi) is 4.76.